The maximum Gasteiger partial charge on any atom is 0.247 e. The standard InChI is InChI=1S/C25H28N2O3S.C23H26N2O5S.C23H25NO5S.C22H26N4O3S/c1-18-6-12-24-21(16-18)17-23(19(2)26-24)25(28)13-9-20-7-10-22(11-8-20)31(29,30)27-14-4-3-5-15-27;1-2-30-21-6-5-18-13-20(14-19(18)15-21)23(26)24-16-17-3-7-22(8-4-17)31(27,28)25-9-11-29-12-10-25;1-16-23(20-15-18(28-2)8-12-22(20)29-16)21(25)11-7-17-5-9-19(10-6-17)30(26,27)24-13-3-4-14-24;1-15-14-16(2)26-22(23-15)21(17(3)24-26)20(27)11-8-18-6-9-19(10-7-18)30(28,29)25-12-4-5-13-25/h6-8,10-12,16-17H,3-5,9,13-15H2,1-2H3;3-8,13,15H,2,9-12,14,16H2,1H3,(H,24,26);5-6,8-10,12,15H,3-4,7,11,13-14H2,1-2H3;6-7,9-10,14H,4-5,8,11-13H2,1-3H3. The summed E-state index contributed by atoms with van der Waals surface area (Å²) >= 11 is 0. The van der Waals surface area contributed by atoms with Crippen molar-refractivity contribution >= 4 is 96.9 Å². The molecule has 642 valence electrons. The van der Waals surface area contributed by atoms with E-state index in [-0.39, 0.29) is 28.2 Å². The first kappa shape index (κ1) is 89.3. The first-order valence-corrected chi connectivity index (χ1v) is 47.3. The fourth-order valence-corrected chi connectivity index (χ4v) is 21.8. The van der Waals surface area contributed by atoms with Crippen molar-refractivity contribution in [3.63, 3.8) is 0 Å². The number of rotatable bonds is 26. The van der Waals surface area contributed by atoms with Gasteiger partial charge in [0.15, 0.2) is 23.0 Å². The van der Waals surface area contributed by atoms with Gasteiger partial charge in [-0.05, 0) is 249 Å². The van der Waals surface area contributed by atoms with Crippen LogP contribution in [0.2, 0.25) is 0 Å². The number of nitrogens with one attached hydrogen (secondary N) is 1. The van der Waals surface area contributed by atoms with Gasteiger partial charge in [-0.25, -0.2) is 43.2 Å². The molecule has 0 radical (unpaired) electrons. The molecule has 4 aromatic heterocycles. The molecule has 7 aromatic carbocycles. The number of sulfonamides is 4. The van der Waals surface area contributed by atoms with Crippen LogP contribution in [0.3, 0.4) is 0 Å². The number of methoxy groups -OCH3 is 1. The summed E-state index contributed by atoms with van der Waals surface area (Å²) in [7, 11) is -12.2. The lowest BCUT2D eigenvalue weighted by molar-refractivity contribution is -0.117. The Bertz CT molecular complexity index is 6190. The summed E-state index contributed by atoms with van der Waals surface area (Å²) < 4.78 is 131. The molecule has 25 nitrogen and oxygen atoms in total. The van der Waals surface area contributed by atoms with Gasteiger partial charge < -0.3 is 23.9 Å². The minimum absolute atomic E-state index is 0.00577. The monoisotopic (exact) mass is 1730 g/mol. The van der Waals surface area contributed by atoms with Crippen molar-refractivity contribution in [1.82, 2.24) is 42.1 Å². The van der Waals surface area contributed by atoms with Crippen LogP contribution < -0.4 is 14.8 Å². The average molecular weight is 1730 g/mol. The Morgan fingerprint density at radius 3 is 1.48 bits per heavy atom. The highest BCUT2D eigenvalue weighted by atomic mass is 32.2. The zero-order valence-electron chi connectivity index (χ0n) is 70.3. The second-order valence-electron chi connectivity index (χ2n) is 31.3. The lowest BCUT2D eigenvalue weighted by atomic mass is 10.00. The number of Topliss-reactive ketones (excluding diaryl/α,β-unsaturated/α-hetero) is 3. The normalized spacial score (nSPS) is 15.5. The fourth-order valence-electron chi connectivity index (χ4n) is 15.9. The smallest absolute Gasteiger partial charge is 0.247 e. The van der Waals surface area contributed by atoms with Crippen LogP contribution in [0.25, 0.3) is 33.6 Å². The van der Waals surface area contributed by atoms with Crippen LogP contribution in [0.4, 0.5) is 0 Å². The van der Waals surface area contributed by atoms with Crippen molar-refractivity contribution in [3.8, 4) is 11.5 Å². The second kappa shape index (κ2) is 39.4. The predicted molar refractivity (Wildman–Crippen MR) is 469 cm³/mol. The van der Waals surface area contributed by atoms with Gasteiger partial charge in [-0.15, -0.1) is 0 Å². The number of hydrogen-bond acceptors (Lipinski definition) is 19. The molecule has 8 heterocycles. The maximum atomic E-state index is 12.9. The van der Waals surface area contributed by atoms with E-state index in [4.69, 9.17) is 18.6 Å². The van der Waals surface area contributed by atoms with Crippen molar-refractivity contribution in [3.05, 3.63) is 254 Å². The van der Waals surface area contributed by atoms with Gasteiger partial charge in [0.25, 0.3) is 0 Å². The highest BCUT2D eigenvalue weighted by molar-refractivity contribution is 7.90. The van der Waals surface area contributed by atoms with Gasteiger partial charge in [0, 0.05) is 124 Å². The van der Waals surface area contributed by atoms with Crippen molar-refractivity contribution in [2.45, 2.75) is 164 Å². The van der Waals surface area contributed by atoms with Crippen molar-refractivity contribution in [2.24, 2.45) is 0 Å². The molecular weight excluding hydrogens is 1630 g/mol. The number of carbonyl (C=O) groups is 4. The fraction of sp³-hybridized carbons (Fsp3) is 0.366. The van der Waals surface area contributed by atoms with E-state index in [0.29, 0.717) is 189 Å². The summed E-state index contributed by atoms with van der Waals surface area (Å²) in [6.45, 7) is 19.3. The van der Waals surface area contributed by atoms with Gasteiger partial charge in [-0.1, -0.05) is 72.6 Å². The first-order valence-electron chi connectivity index (χ1n) is 41.6. The van der Waals surface area contributed by atoms with Crippen LogP contribution in [-0.4, -0.2) is 173 Å². The molecule has 0 unspecified atom stereocenters. The lowest BCUT2D eigenvalue weighted by Crippen LogP contribution is -2.40. The molecule has 0 saturated carbocycles. The molecule has 5 aliphatic rings. The molecule has 4 aliphatic heterocycles. The van der Waals surface area contributed by atoms with Gasteiger partial charge in [0.1, 0.15) is 22.8 Å². The molecule has 1 aliphatic carbocycles. The number of nitrogens with zero attached hydrogens (tertiary/aromatic N) is 8. The van der Waals surface area contributed by atoms with Gasteiger partial charge in [0.2, 0.25) is 46.0 Å². The van der Waals surface area contributed by atoms with E-state index in [1.165, 1.54) is 12.9 Å². The van der Waals surface area contributed by atoms with Crippen LogP contribution in [0.1, 0.15) is 170 Å². The Hall–Kier alpha value is -10.5. The van der Waals surface area contributed by atoms with Crippen molar-refractivity contribution in [2.75, 3.05) is 79.3 Å². The third kappa shape index (κ3) is 21.1. The third-order valence-corrected chi connectivity index (χ3v) is 30.3. The number of ether oxygens (including phenoxy) is 3. The van der Waals surface area contributed by atoms with E-state index in [1.807, 2.05) is 114 Å². The minimum atomic E-state index is -3.51. The number of aryl methyl sites for hydroxylation is 9. The summed E-state index contributed by atoms with van der Waals surface area (Å²) in [5.74, 6) is 1.99. The number of furan rings is 1. The third-order valence-electron chi connectivity index (χ3n) is 22.6. The lowest BCUT2D eigenvalue weighted by Gasteiger charge is -2.26. The number of aromatic nitrogens is 4. The predicted octanol–water partition coefficient (Wildman–Crippen LogP) is 14.8. The number of amides is 1. The molecule has 1 N–H and O–H groups in total. The molecule has 0 bridgehead atoms. The molecule has 0 spiro atoms. The molecular formula is C93H105N9O16S4. The number of ketones is 3. The molecule has 1 amide bonds. The summed E-state index contributed by atoms with van der Waals surface area (Å²) in [6.07, 6.45) is 11.6. The maximum absolute atomic E-state index is 12.9. The number of benzene rings is 7. The molecule has 4 fully saturated rings. The van der Waals surface area contributed by atoms with Gasteiger partial charge in [-0.2, -0.15) is 22.3 Å². The summed E-state index contributed by atoms with van der Waals surface area (Å²) in [6, 6.07) is 48.5. The average Bonchev–Trinajstić information content (AvgIpc) is 1.62. The van der Waals surface area contributed by atoms with E-state index >= 15 is 0 Å². The largest absolute Gasteiger partial charge is 0.497 e. The van der Waals surface area contributed by atoms with E-state index in [2.05, 4.69) is 20.4 Å². The number of carbonyl (C=O) groups excluding carboxylic acids is 4. The topological polar surface area (TPSA) is 314 Å². The molecule has 0 atom stereocenters. The van der Waals surface area contributed by atoms with Crippen LogP contribution in [-0.2, 0) is 81.9 Å². The molecule has 29 heteroatoms. The van der Waals surface area contributed by atoms with Crippen molar-refractivity contribution < 1.29 is 71.5 Å². The first-order chi connectivity index (χ1) is 58.5. The molecule has 4 saturated heterocycles. The van der Waals surface area contributed by atoms with Gasteiger partial charge in [0.05, 0.1) is 68.8 Å². The SMILES string of the molecule is CCOc1ccc2c(c1)CC(C(=O)NCc1ccc(S(=O)(=O)N3CCOCC3)cc1)=C2.COc1ccc2oc(C)c(C(=O)CCc3ccc(S(=O)(=O)N4CCCC4)cc3)c2c1.Cc1cc(C)n2nc(C)c(C(=O)CCc3ccc(S(=O)(=O)N4CCCC4)cc3)c2n1.Cc1ccc2nc(C)c(C(=O)CCc3ccc(S(=O)(=O)N4CCCCC4)cc3)cc2c1. The number of morpholine rings is 1. The van der Waals surface area contributed by atoms with E-state index in [0.717, 1.165) is 123 Å². The Morgan fingerprint density at radius 2 is 0.967 bits per heavy atom. The molecule has 122 heavy (non-hydrogen) atoms. The Balaban J connectivity index is 0.000000140. The highest BCUT2D eigenvalue weighted by Gasteiger charge is 2.32. The zero-order valence-corrected chi connectivity index (χ0v) is 73.6. The van der Waals surface area contributed by atoms with E-state index in [9.17, 15) is 52.8 Å². The molecule has 16 rings (SSSR count). The van der Waals surface area contributed by atoms with E-state index < -0.39 is 40.1 Å². The summed E-state index contributed by atoms with van der Waals surface area (Å²) in [5, 5.41) is 9.12. The quantitative estimate of drug-likeness (QED) is 0.0492. The number of fused-ring (bicyclic) bond motifs is 4. The van der Waals surface area contributed by atoms with Crippen LogP contribution in [0, 0.1) is 41.5 Å². The Labute approximate surface area is 714 Å². The minimum Gasteiger partial charge on any atom is -0.497 e. The van der Waals surface area contributed by atoms with Crippen molar-refractivity contribution in [1.29, 1.82) is 0 Å². The number of hydrogen-bond donors (Lipinski definition) is 1. The van der Waals surface area contributed by atoms with Crippen LogP contribution >= 0.6 is 0 Å². The zero-order chi connectivity index (χ0) is 86.6. The molecule has 11 aromatic rings. The van der Waals surface area contributed by atoms with Gasteiger partial charge in [-0.3, -0.25) is 24.2 Å². The van der Waals surface area contributed by atoms with Gasteiger partial charge >= 0.3 is 0 Å². The number of pyridine rings is 1. The van der Waals surface area contributed by atoms with Crippen LogP contribution in [0.15, 0.2) is 193 Å². The number of piperidine rings is 1. The van der Waals surface area contributed by atoms with E-state index in [1.54, 1.807) is 120 Å². The Kier molecular flexibility index (Phi) is 28.8. The summed E-state index contributed by atoms with van der Waals surface area (Å²) in [4.78, 5) is 61.6. The Morgan fingerprint density at radius 1 is 0.484 bits per heavy atom. The van der Waals surface area contributed by atoms with Crippen LogP contribution in [0.5, 0.6) is 11.5 Å². The highest BCUT2D eigenvalue weighted by Crippen LogP contribution is 2.34. The summed E-state index contributed by atoms with van der Waals surface area (Å²) in [5.41, 5.74) is 14.7. The second-order valence-corrected chi connectivity index (χ2v) is 39.1.